The Morgan fingerprint density at radius 1 is 1.42 bits per heavy atom. The van der Waals surface area contributed by atoms with Gasteiger partial charge in [0.1, 0.15) is 12.0 Å². The molecule has 0 aliphatic rings. The maximum Gasteiger partial charge on any atom is 0.122 e. The predicted molar refractivity (Wildman–Crippen MR) is 48.4 cm³/mol. The lowest BCUT2D eigenvalue weighted by atomic mass is 10.1. The molecule has 2 heteroatoms. The molecule has 0 rings (SSSR count). The second kappa shape index (κ2) is 5.07. The summed E-state index contributed by atoms with van der Waals surface area (Å²) in [5, 5.41) is 0. The van der Waals surface area contributed by atoms with E-state index in [9.17, 15) is 8.78 Å². The van der Waals surface area contributed by atoms with Gasteiger partial charge in [0.05, 0.1) is 0 Å². The summed E-state index contributed by atoms with van der Waals surface area (Å²) in [5.41, 5.74) is 1.09. The van der Waals surface area contributed by atoms with Crippen molar-refractivity contribution in [3.8, 4) is 0 Å². The van der Waals surface area contributed by atoms with Crippen molar-refractivity contribution in [3.63, 3.8) is 0 Å². The van der Waals surface area contributed by atoms with Gasteiger partial charge in [0.15, 0.2) is 0 Å². The Labute approximate surface area is 73.0 Å². The summed E-state index contributed by atoms with van der Waals surface area (Å²) < 4.78 is 25.6. The molecule has 0 bridgehead atoms. The van der Waals surface area contributed by atoms with Crippen LogP contribution in [0.3, 0.4) is 0 Å². The molecular weight excluding hydrogens is 158 g/mol. The topological polar surface area (TPSA) is 0 Å². The largest absolute Gasteiger partial charge is 0.243 e. The molecule has 0 aliphatic heterocycles. The van der Waals surface area contributed by atoms with Crippen molar-refractivity contribution >= 4 is 0 Å². The quantitative estimate of drug-likeness (QED) is 0.568. The van der Waals surface area contributed by atoms with Crippen molar-refractivity contribution in [1.82, 2.24) is 0 Å². The molecule has 70 valence electrons. The van der Waals surface area contributed by atoms with Crippen molar-refractivity contribution in [2.45, 2.75) is 40.3 Å². The summed E-state index contributed by atoms with van der Waals surface area (Å²) >= 11 is 0. The van der Waals surface area contributed by atoms with Crippen LogP contribution in [0.15, 0.2) is 23.0 Å². The number of allylic oxidation sites excluding steroid dienone is 4. The number of hydrogen-bond donors (Lipinski definition) is 0. The van der Waals surface area contributed by atoms with Crippen LogP contribution in [0.5, 0.6) is 0 Å². The average molecular weight is 174 g/mol. The Balaban J connectivity index is 4.53. The number of hydrogen-bond acceptors (Lipinski definition) is 0. The molecule has 0 aromatic carbocycles. The Kier molecular flexibility index (Phi) is 4.79. The Morgan fingerprint density at radius 2 is 1.92 bits per heavy atom. The van der Waals surface area contributed by atoms with Gasteiger partial charge in [-0.15, -0.1) is 0 Å². The lowest BCUT2D eigenvalue weighted by molar-refractivity contribution is 0.410. The zero-order valence-electron chi connectivity index (χ0n) is 8.12. The summed E-state index contributed by atoms with van der Waals surface area (Å²) in [6.45, 7) is 6.58. The molecule has 0 saturated carbocycles. The van der Waals surface area contributed by atoms with Gasteiger partial charge in [-0.2, -0.15) is 0 Å². The van der Waals surface area contributed by atoms with Gasteiger partial charge in [-0.1, -0.05) is 6.92 Å². The van der Waals surface area contributed by atoms with Crippen LogP contribution in [0.2, 0.25) is 0 Å². The summed E-state index contributed by atoms with van der Waals surface area (Å²) in [6.07, 6.45) is 0.861. The third-order valence-electron chi connectivity index (χ3n) is 1.92. The average Bonchev–Trinajstić information content (AvgIpc) is 2.02. The van der Waals surface area contributed by atoms with Crippen LogP contribution in [-0.4, -0.2) is 6.17 Å². The molecule has 0 aromatic heterocycles. The molecule has 0 fully saturated rings. The minimum atomic E-state index is -1.07. The van der Waals surface area contributed by atoms with E-state index in [1.165, 1.54) is 13.0 Å². The molecule has 0 spiro atoms. The third kappa shape index (κ3) is 3.65. The van der Waals surface area contributed by atoms with E-state index in [-0.39, 0.29) is 5.83 Å². The van der Waals surface area contributed by atoms with Crippen LogP contribution < -0.4 is 0 Å². The van der Waals surface area contributed by atoms with Gasteiger partial charge in [-0.25, -0.2) is 8.78 Å². The highest BCUT2D eigenvalue weighted by molar-refractivity contribution is 5.23. The highest BCUT2D eigenvalue weighted by Gasteiger charge is 2.02. The molecule has 0 N–H and O–H groups in total. The van der Waals surface area contributed by atoms with Crippen molar-refractivity contribution in [2.24, 2.45) is 0 Å². The first kappa shape index (κ1) is 11.3. The van der Waals surface area contributed by atoms with E-state index < -0.39 is 6.17 Å². The molecular formula is C10H16F2. The van der Waals surface area contributed by atoms with Crippen LogP contribution >= 0.6 is 0 Å². The van der Waals surface area contributed by atoms with Crippen molar-refractivity contribution < 1.29 is 8.78 Å². The van der Waals surface area contributed by atoms with Gasteiger partial charge in [0.2, 0.25) is 0 Å². The highest BCUT2D eigenvalue weighted by Crippen LogP contribution is 2.15. The molecule has 12 heavy (non-hydrogen) atoms. The lowest BCUT2D eigenvalue weighted by Gasteiger charge is -2.01. The van der Waals surface area contributed by atoms with Crippen molar-refractivity contribution in [3.05, 3.63) is 23.0 Å². The summed E-state index contributed by atoms with van der Waals surface area (Å²) in [4.78, 5) is 0. The van der Waals surface area contributed by atoms with Crippen LogP contribution in [0, 0.1) is 0 Å². The summed E-state index contributed by atoms with van der Waals surface area (Å²) in [6, 6.07) is 0. The Hall–Kier alpha value is -0.660. The fourth-order valence-electron chi connectivity index (χ4n) is 0.607. The zero-order valence-corrected chi connectivity index (χ0v) is 8.12. The SMILES string of the molecule is CC/C(C)=C(F)\C=C(\C)C(C)F. The molecule has 0 nitrogen and oxygen atoms in total. The number of rotatable bonds is 3. The second-order valence-electron chi connectivity index (χ2n) is 2.99. The minimum absolute atomic E-state index is 0.306. The zero-order chi connectivity index (χ0) is 9.72. The van der Waals surface area contributed by atoms with Crippen LogP contribution in [-0.2, 0) is 0 Å². The molecule has 0 radical (unpaired) electrons. The van der Waals surface area contributed by atoms with Gasteiger partial charge in [0.25, 0.3) is 0 Å². The molecule has 1 unspecified atom stereocenters. The summed E-state index contributed by atoms with van der Waals surface area (Å²) in [7, 11) is 0. The first-order chi connectivity index (χ1) is 5.49. The first-order valence-electron chi connectivity index (χ1n) is 4.16. The summed E-state index contributed by atoms with van der Waals surface area (Å²) in [5.74, 6) is -0.306. The number of halogens is 2. The molecule has 0 aromatic rings. The fourth-order valence-corrected chi connectivity index (χ4v) is 0.607. The minimum Gasteiger partial charge on any atom is -0.243 e. The Bertz CT molecular complexity index is 200. The molecule has 1 atom stereocenters. The smallest absolute Gasteiger partial charge is 0.122 e. The number of alkyl halides is 1. The van der Waals surface area contributed by atoms with Crippen LogP contribution in [0.25, 0.3) is 0 Å². The monoisotopic (exact) mass is 174 g/mol. The highest BCUT2D eigenvalue weighted by atomic mass is 19.1. The van der Waals surface area contributed by atoms with E-state index in [0.29, 0.717) is 17.6 Å². The van der Waals surface area contributed by atoms with E-state index in [0.717, 1.165) is 0 Å². The van der Waals surface area contributed by atoms with Gasteiger partial charge in [-0.05, 0) is 44.4 Å². The van der Waals surface area contributed by atoms with Crippen LogP contribution in [0.4, 0.5) is 8.78 Å². The molecule has 0 amide bonds. The van der Waals surface area contributed by atoms with Crippen molar-refractivity contribution in [1.29, 1.82) is 0 Å². The van der Waals surface area contributed by atoms with E-state index in [1.54, 1.807) is 13.8 Å². The third-order valence-corrected chi connectivity index (χ3v) is 1.92. The van der Waals surface area contributed by atoms with E-state index >= 15 is 0 Å². The fraction of sp³-hybridized carbons (Fsp3) is 0.600. The van der Waals surface area contributed by atoms with E-state index in [4.69, 9.17) is 0 Å². The van der Waals surface area contributed by atoms with E-state index in [2.05, 4.69) is 0 Å². The Morgan fingerprint density at radius 3 is 2.25 bits per heavy atom. The molecule has 0 heterocycles. The van der Waals surface area contributed by atoms with Gasteiger partial charge < -0.3 is 0 Å². The predicted octanol–water partition coefficient (Wildman–Crippen LogP) is 3.94. The van der Waals surface area contributed by atoms with Gasteiger partial charge in [0, 0.05) is 0 Å². The van der Waals surface area contributed by atoms with Crippen LogP contribution in [0.1, 0.15) is 34.1 Å². The second-order valence-corrected chi connectivity index (χ2v) is 2.99. The van der Waals surface area contributed by atoms with Crippen molar-refractivity contribution in [2.75, 3.05) is 0 Å². The van der Waals surface area contributed by atoms with Gasteiger partial charge >= 0.3 is 0 Å². The van der Waals surface area contributed by atoms with E-state index in [1.807, 2.05) is 6.92 Å². The lowest BCUT2D eigenvalue weighted by Crippen LogP contribution is -1.94. The molecule has 0 saturated heterocycles. The maximum atomic E-state index is 13.0. The molecule has 0 aliphatic carbocycles. The standard InChI is InChI=1S/C10H16F2/c1-5-7(2)10(12)6-8(3)9(4)11/h6,9H,5H2,1-4H3/b8-6-,10-7+. The first-order valence-corrected chi connectivity index (χ1v) is 4.16. The maximum absolute atomic E-state index is 13.0. The normalized spacial score (nSPS) is 17.3. The van der Waals surface area contributed by atoms with Gasteiger partial charge in [-0.3, -0.25) is 0 Å².